The Morgan fingerprint density at radius 1 is 1.69 bits per heavy atom. The molecule has 0 saturated carbocycles. The maximum Gasteiger partial charge on any atom is 0.313 e. The molecular formula is C9H10O3S. The monoisotopic (exact) mass is 198 g/mol. The molecule has 13 heavy (non-hydrogen) atoms. The van der Waals surface area contributed by atoms with Crippen molar-refractivity contribution in [2.24, 2.45) is 5.92 Å². The zero-order chi connectivity index (χ0) is 9.84. The second kappa shape index (κ2) is 4.20. The van der Waals surface area contributed by atoms with Gasteiger partial charge in [-0.3, -0.25) is 4.79 Å². The van der Waals surface area contributed by atoms with E-state index in [1.165, 1.54) is 17.4 Å². The third kappa shape index (κ3) is 2.17. The van der Waals surface area contributed by atoms with Gasteiger partial charge in [-0.25, -0.2) is 0 Å². The predicted octanol–water partition coefficient (Wildman–Crippen LogP) is 1.67. The molecular weight excluding hydrogens is 188 g/mol. The van der Waals surface area contributed by atoms with Crippen LogP contribution < -0.4 is 0 Å². The minimum atomic E-state index is -1.06. The average molecular weight is 198 g/mol. The summed E-state index contributed by atoms with van der Waals surface area (Å²) in [6, 6.07) is 1.70. The fourth-order valence-electron chi connectivity index (χ4n) is 1.02. The highest BCUT2D eigenvalue weighted by Gasteiger charge is 2.24. The fourth-order valence-corrected chi connectivity index (χ4v) is 1.70. The van der Waals surface area contributed by atoms with Gasteiger partial charge in [-0.1, -0.05) is 6.08 Å². The van der Waals surface area contributed by atoms with Crippen molar-refractivity contribution in [3.63, 3.8) is 0 Å². The van der Waals surface area contributed by atoms with Gasteiger partial charge in [-0.05, 0) is 22.4 Å². The zero-order valence-corrected chi connectivity index (χ0v) is 7.70. The summed E-state index contributed by atoms with van der Waals surface area (Å²) < 4.78 is 0. The molecule has 2 N–H and O–H groups in total. The summed E-state index contributed by atoms with van der Waals surface area (Å²) in [6.45, 7) is 3.38. The maximum absolute atomic E-state index is 10.6. The number of rotatable bonds is 4. The van der Waals surface area contributed by atoms with E-state index in [1.54, 1.807) is 16.8 Å². The van der Waals surface area contributed by atoms with Crippen LogP contribution in [-0.2, 0) is 4.79 Å². The number of aliphatic carboxylic acids is 1. The van der Waals surface area contributed by atoms with Gasteiger partial charge in [0, 0.05) is 0 Å². The van der Waals surface area contributed by atoms with Gasteiger partial charge in [-0.2, -0.15) is 11.3 Å². The van der Waals surface area contributed by atoms with Crippen LogP contribution in [0.5, 0.6) is 0 Å². The van der Waals surface area contributed by atoms with Crippen LogP contribution in [0.3, 0.4) is 0 Å². The molecule has 70 valence electrons. The Bertz CT molecular complexity index is 292. The summed E-state index contributed by atoms with van der Waals surface area (Å²) in [4.78, 5) is 10.6. The van der Waals surface area contributed by atoms with Crippen molar-refractivity contribution in [3.05, 3.63) is 35.0 Å². The molecule has 1 heterocycles. The van der Waals surface area contributed by atoms with Crippen molar-refractivity contribution >= 4 is 17.3 Å². The van der Waals surface area contributed by atoms with E-state index in [0.717, 1.165) is 0 Å². The molecule has 0 radical (unpaired) electrons. The highest BCUT2D eigenvalue weighted by atomic mass is 32.1. The standard InChI is InChI=1S/C9H10O3S/c1-2-7(9(11)12)8(10)6-3-4-13-5-6/h2-5,7-8,10H,1H2,(H,11,12)/t7-,8-/m1/s1. The van der Waals surface area contributed by atoms with Crippen molar-refractivity contribution in [3.8, 4) is 0 Å². The second-order valence-electron chi connectivity index (χ2n) is 2.60. The quantitative estimate of drug-likeness (QED) is 0.723. The molecule has 1 rings (SSSR count). The maximum atomic E-state index is 10.6. The minimum Gasteiger partial charge on any atom is -0.481 e. The topological polar surface area (TPSA) is 57.5 Å². The Kier molecular flexibility index (Phi) is 3.22. The van der Waals surface area contributed by atoms with Gasteiger partial charge >= 0.3 is 5.97 Å². The van der Waals surface area contributed by atoms with Crippen LogP contribution in [0.2, 0.25) is 0 Å². The first kappa shape index (κ1) is 9.95. The largest absolute Gasteiger partial charge is 0.481 e. The number of aliphatic hydroxyl groups excluding tert-OH is 1. The molecule has 0 unspecified atom stereocenters. The molecule has 0 spiro atoms. The van der Waals surface area contributed by atoms with Crippen molar-refractivity contribution in [1.82, 2.24) is 0 Å². The van der Waals surface area contributed by atoms with Crippen LogP contribution >= 0.6 is 11.3 Å². The number of carbonyl (C=O) groups is 1. The van der Waals surface area contributed by atoms with Gasteiger partial charge in [0.05, 0.1) is 6.10 Å². The Morgan fingerprint density at radius 2 is 2.38 bits per heavy atom. The van der Waals surface area contributed by atoms with E-state index < -0.39 is 18.0 Å². The second-order valence-corrected chi connectivity index (χ2v) is 3.38. The molecule has 1 aromatic heterocycles. The van der Waals surface area contributed by atoms with Crippen molar-refractivity contribution in [2.75, 3.05) is 0 Å². The Hall–Kier alpha value is -1.13. The van der Waals surface area contributed by atoms with E-state index >= 15 is 0 Å². The molecule has 2 atom stereocenters. The van der Waals surface area contributed by atoms with Crippen LogP contribution in [0.1, 0.15) is 11.7 Å². The molecule has 0 saturated heterocycles. The third-order valence-electron chi connectivity index (χ3n) is 1.76. The lowest BCUT2D eigenvalue weighted by molar-refractivity contribution is -0.143. The molecule has 1 aromatic rings. The Morgan fingerprint density at radius 3 is 2.77 bits per heavy atom. The number of aliphatic hydroxyl groups is 1. The summed E-state index contributed by atoms with van der Waals surface area (Å²) >= 11 is 1.42. The van der Waals surface area contributed by atoms with E-state index in [9.17, 15) is 9.90 Å². The van der Waals surface area contributed by atoms with Crippen LogP contribution in [0.25, 0.3) is 0 Å². The minimum absolute atomic E-state index is 0.623. The van der Waals surface area contributed by atoms with E-state index in [0.29, 0.717) is 5.56 Å². The van der Waals surface area contributed by atoms with Crippen molar-refractivity contribution < 1.29 is 15.0 Å². The highest BCUT2D eigenvalue weighted by molar-refractivity contribution is 7.07. The van der Waals surface area contributed by atoms with Gasteiger partial charge in [0.25, 0.3) is 0 Å². The SMILES string of the molecule is C=C[C@@H](C(=O)O)[C@H](O)c1ccsc1. The summed E-state index contributed by atoms with van der Waals surface area (Å²) in [5, 5.41) is 21.8. The van der Waals surface area contributed by atoms with E-state index in [2.05, 4.69) is 6.58 Å². The number of carboxylic acids is 1. The zero-order valence-electron chi connectivity index (χ0n) is 6.88. The molecule has 0 bridgehead atoms. The molecule has 0 aliphatic carbocycles. The number of thiophene rings is 1. The highest BCUT2D eigenvalue weighted by Crippen LogP contribution is 2.24. The van der Waals surface area contributed by atoms with E-state index in [-0.39, 0.29) is 0 Å². The molecule has 3 nitrogen and oxygen atoms in total. The van der Waals surface area contributed by atoms with E-state index in [4.69, 9.17) is 5.11 Å². The fraction of sp³-hybridized carbons (Fsp3) is 0.222. The lowest BCUT2D eigenvalue weighted by atomic mass is 9.98. The van der Waals surface area contributed by atoms with Gasteiger partial charge in [-0.15, -0.1) is 6.58 Å². The number of hydrogen-bond donors (Lipinski definition) is 2. The van der Waals surface area contributed by atoms with Crippen molar-refractivity contribution in [1.29, 1.82) is 0 Å². The lowest BCUT2D eigenvalue weighted by Crippen LogP contribution is -2.19. The van der Waals surface area contributed by atoms with Crippen molar-refractivity contribution in [2.45, 2.75) is 6.10 Å². The number of hydrogen-bond acceptors (Lipinski definition) is 3. The molecule has 4 heteroatoms. The molecule has 0 fully saturated rings. The van der Waals surface area contributed by atoms with Crippen LogP contribution in [-0.4, -0.2) is 16.2 Å². The van der Waals surface area contributed by atoms with Crippen LogP contribution in [0.15, 0.2) is 29.5 Å². The third-order valence-corrected chi connectivity index (χ3v) is 2.47. The first-order valence-corrected chi connectivity index (χ1v) is 4.66. The molecule has 0 aliphatic rings. The van der Waals surface area contributed by atoms with Gasteiger partial charge < -0.3 is 10.2 Å². The first-order valence-electron chi connectivity index (χ1n) is 3.72. The summed E-state index contributed by atoms with van der Waals surface area (Å²) in [5.41, 5.74) is 0.623. The normalized spacial score (nSPS) is 14.8. The number of carboxylic acid groups (broad SMARTS) is 1. The molecule has 0 aliphatic heterocycles. The average Bonchev–Trinajstić information content (AvgIpc) is 2.56. The Labute approximate surface area is 80.0 Å². The van der Waals surface area contributed by atoms with Gasteiger partial charge in [0.1, 0.15) is 5.92 Å². The summed E-state index contributed by atoms with van der Waals surface area (Å²) in [6.07, 6.45) is 0.242. The van der Waals surface area contributed by atoms with Gasteiger partial charge in [0.15, 0.2) is 0 Å². The van der Waals surface area contributed by atoms with Crippen LogP contribution in [0, 0.1) is 5.92 Å². The summed E-state index contributed by atoms with van der Waals surface area (Å²) in [7, 11) is 0. The lowest BCUT2D eigenvalue weighted by Gasteiger charge is -2.13. The van der Waals surface area contributed by atoms with E-state index in [1.807, 2.05) is 0 Å². The molecule has 0 aromatic carbocycles. The smallest absolute Gasteiger partial charge is 0.313 e. The van der Waals surface area contributed by atoms with Crippen LogP contribution in [0.4, 0.5) is 0 Å². The predicted molar refractivity (Wildman–Crippen MR) is 50.6 cm³/mol. The molecule has 0 amide bonds. The summed E-state index contributed by atoms with van der Waals surface area (Å²) in [5.74, 6) is -2.00. The Balaban J connectivity index is 2.82. The first-order chi connectivity index (χ1) is 6.16. The van der Waals surface area contributed by atoms with Gasteiger partial charge in [0.2, 0.25) is 0 Å².